The van der Waals surface area contributed by atoms with Crippen LogP contribution in [0.3, 0.4) is 0 Å². The van der Waals surface area contributed by atoms with Gasteiger partial charge in [-0.05, 0) is 38.1 Å². The van der Waals surface area contributed by atoms with Gasteiger partial charge in [-0.25, -0.2) is 0 Å². The molecule has 0 aliphatic carbocycles. The van der Waals surface area contributed by atoms with E-state index in [2.05, 4.69) is 5.32 Å². The van der Waals surface area contributed by atoms with Gasteiger partial charge >= 0.3 is 0 Å². The number of imide groups is 1. The molecule has 144 valence electrons. The maximum Gasteiger partial charge on any atom is 0.277 e. The van der Waals surface area contributed by atoms with E-state index in [1.807, 2.05) is 13.8 Å². The molecule has 2 atom stereocenters. The maximum absolute atomic E-state index is 12.7. The Morgan fingerprint density at radius 3 is 2.41 bits per heavy atom. The quantitative estimate of drug-likeness (QED) is 0.733. The molecular weight excluding hydrogens is 350 g/mol. The number of anilines is 1. The highest BCUT2D eigenvalue weighted by atomic mass is 16.5. The van der Waals surface area contributed by atoms with E-state index >= 15 is 0 Å². The van der Waals surface area contributed by atoms with Gasteiger partial charge < -0.3 is 20.1 Å². The summed E-state index contributed by atoms with van der Waals surface area (Å²) >= 11 is 0. The SMILES string of the molecule is CC1CN(C(=O)c2ccc(NC3=CC(=O)N(CCO)C3=O)cc2)CC(C)O1. The van der Waals surface area contributed by atoms with Gasteiger partial charge in [0.25, 0.3) is 17.7 Å². The normalized spacial score (nSPS) is 22.9. The van der Waals surface area contributed by atoms with Crippen LogP contribution in [0.25, 0.3) is 0 Å². The molecule has 1 fully saturated rings. The van der Waals surface area contributed by atoms with Gasteiger partial charge in [-0.3, -0.25) is 19.3 Å². The lowest BCUT2D eigenvalue weighted by Gasteiger charge is -2.35. The molecule has 8 heteroatoms. The van der Waals surface area contributed by atoms with Crippen molar-refractivity contribution in [3.8, 4) is 0 Å². The van der Waals surface area contributed by atoms with Crippen LogP contribution in [-0.2, 0) is 14.3 Å². The van der Waals surface area contributed by atoms with Gasteiger partial charge in [0.05, 0.1) is 25.4 Å². The van der Waals surface area contributed by atoms with Crippen LogP contribution in [-0.4, -0.2) is 71.1 Å². The second kappa shape index (κ2) is 7.89. The van der Waals surface area contributed by atoms with Crippen LogP contribution < -0.4 is 5.32 Å². The van der Waals surface area contributed by atoms with E-state index in [0.29, 0.717) is 24.3 Å². The topological polar surface area (TPSA) is 99.2 Å². The number of rotatable bonds is 5. The third-order valence-corrected chi connectivity index (χ3v) is 4.45. The molecule has 0 saturated carbocycles. The Kier molecular flexibility index (Phi) is 5.57. The predicted molar refractivity (Wildman–Crippen MR) is 97.9 cm³/mol. The van der Waals surface area contributed by atoms with E-state index in [9.17, 15) is 14.4 Å². The molecule has 8 nitrogen and oxygen atoms in total. The fourth-order valence-corrected chi connectivity index (χ4v) is 3.29. The molecule has 2 heterocycles. The van der Waals surface area contributed by atoms with Crippen molar-refractivity contribution in [3.63, 3.8) is 0 Å². The number of nitrogens with zero attached hydrogens (tertiary/aromatic N) is 2. The van der Waals surface area contributed by atoms with Crippen LogP contribution in [0, 0.1) is 0 Å². The highest BCUT2D eigenvalue weighted by molar-refractivity contribution is 6.17. The van der Waals surface area contributed by atoms with E-state index in [0.717, 1.165) is 4.90 Å². The third kappa shape index (κ3) is 4.17. The molecule has 2 aliphatic heterocycles. The fraction of sp³-hybridized carbons (Fsp3) is 0.421. The molecule has 2 N–H and O–H groups in total. The van der Waals surface area contributed by atoms with Crippen LogP contribution in [0.15, 0.2) is 36.0 Å². The summed E-state index contributed by atoms with van der Waals surface area (Å²) in [4.78, 5) is 39.3. The number of nitrogens with one attached hydrogen (secondary N) is 1. The van der Waals surface area contributed by atoms with Crippen LogP contribution in [0.1, 0.15) is 24.2 Å². The number of carbonyl (C=O) groups is 3. The number of ether oxygens (including phenoxy) is 1. The second-order valence-electron chi connectivity index (χ2n) is 6.75. The molecule has 27 heavy (non-hydrogen) atoms. The third-order valence-electron chi connectivity index (χ3n) is 4.45. The standard InChI is InChI=1S/C19H23N3O5/c1-12-10-21(11-13(2)27-12)18(25)14-3-5-15(6-4-14)20-16-9-17(24)22(7-8-23)19(16)26/h3-6,9,12-13,20,23H,7-8,10-11H2,1-2H3. The Bertz CT molecular complexity index is 764. The molecule has 1 aromatic carbocycles. The van der Waals surface area contributed by atoms with E-state index < -0.39 is 11.8 Å². The molecule has 0 spiro atoms. The summed E-state index contributed by atoms with van der Waals surface area (Å²) in [6.07, 6.45) is 1.20. The first-order valence-corrected chi connectivity index (χ1v) is 8.89. The lowest BCUT2D eigenvalue weighted by molar-refractivity contribution is -0.137. The summed E-state index contributed by atoms with van der Waals surface area (Å²) in [5.41, 5.74) is 1.28. The first kappa shape index (κ1) is 19.1. The van der Waals surface area contributed by atoms with Crippen molar-refractivity contribution < 1.29 is 24.2 Å². The number of amides is 3. The predicted octanol–water partition coefficient (Wildman–Crippen LogP) is 0.593. The van der Waals surface area contributed by atoms with E-state index in [1.54, 1.807) is 29.2 Å². The van der Waals surface area contributed by atoms with Crippen LogP contribution in [0.2, 0.25) is 0 Å². The molecule has 2 unspecified atom stereocenters. The van der Waals surface area contributed by atoms with Crippen molar-refractivity contribution in [2.75, 3.05) is 31.6 Å². The number of hydrogen-bond donors (Lipinski definition) is 2. The fourth-order valence-electron chi connectivity index (χ4n) is 3.29. The van der Waals surface area contributed by atoms with Crippen molar-refractivity contribution in [1.82, 2.24) is 9.80 Å². The minimum atomic E-state index is -0.481. The minimum Gasteiger partial charge on any atom is -0.395 e. The number of hydrogen-bond acceptors (Lipinski definition) is 6. The molecule has 0 aromatic heterocycles. The zero-order valence-electron chi connectivity index (χ0n) is 15.3. The van der Waals surface area contributed by atoms with E-state index in [1.165, 1.54) is 6.08 Å². The average Bonchev–Trinajstić information content (AvgIpc) is 2.89. The second-order valence-corrected chi connectivity index (χ2v) is 6.75. The van der Waals surface area contributed by atoms with Crippen molar-refractivity contribution in [3.05, 3.63) is 41.6 Å². The van der Waals surface area contributed by atoms with Gasteiger partial charge in [-0.2, -0.15) is 0 Å². The number of carbonyl (C=O) groups excluding carboxylic acids is 3. The smallest absolute Gasteiger partial charge is 0.277 e. The van der Waals surface area contributed by atoms with Crippen molar-refractivity contribution in [2.24, 2.45) is 0 Å². The van der Waals surface area contributed by atoms with Crippen LogP contribution >= 0.6 is 0 Å². The first-order valence-electron chi connectivity index (χ1n) is 8.89. The maximum atomic E-state index is 12.7. The van der Waals surface area contributed by atoms with Crippen molar-refractivity contribution in [1.29, 1.82) is 0 Å². The van der Waals surface area contributed by atoms with Gasteiger partial charge in [0, 0.05) is 30.4 Å². The first-order chi connectivity index (χ1) is 12.9. The summed E-state index contributed by atoms with van der Waals surface area (Å²) in [5.74, 6) is -1.01. The van der Waals surface area contributed by atoms with Gasteiger partial charge in [0.1, 0.15) is 5.70 Å². The molecule has 0 bridgehead atoms. The van der Waals surface area contributed by atoms with Crippen molar-refractivity contribution >= 4 is 23.4 Å². The Morgan fingerprint density at radius 1 is 1.19 bits per heavy atom. The molecule has 1 saturated heterocycles. The largest absolute Gasteiger partial charge is 0.395 e. The van der Waals surface area contributed by atoms with E-state index in [4.69, 9.17) is 9.84 Å². The summed E-state index contributed by atoms with van der Waals surface area (Å²) in [5, 5.41) is 11.8. The van der Waals surface area contributed by atoms with Crippen molar-refractivity contribution in [2.45, 2.75) is 26.1 Å². The number of morpholine rings is 1. The van der Waals surface area contributed by atoms with Crippen LogP contribution in [0.4, 0.5) is 5.69 Å². The minimum absolute atomic E-state index is 0.00152. The molecule has 3 amide bonds. The number of β-amino-alcohol motifs (C(OH)–C–C–N with tert-alkyl or cyclic N) is 1. The van der Waals surface area contributed by atoms with Crippen LogP contribution in [0.5, 0.6) is 0 Å². The summed E-state index contributed by atoms with van der Waals surface area (Å²) < 4.78 is 5.65. The number of benzene rings is 1. The highest BCUT2D eigenvalue weighted by Gasteiger charge is 2.31. The molecule has 1 aromatic rings. The lowest BCUT2D eigenvalue weighted by atomic mass is 10.1. The molecule has 3 rings (SSSR count). The van der Waals surface area contributed by atoms with Gasteiger partial charge in [-0.1, -0.05) is 0 Å². The van der Waals surface area contributed by atoms with Gasteiger partial charge in [-0.15, -0.1) is 0 Å². The summed E-state index contributed by atoms with van der Waals surface area (Å²) in [6.45, 7) is 4.66. The van der Waals surface area contributed by atoms with E-state index in [-0.39, 0.29) is 37.0 Å². The number of aliphatic hydroxyl groups excluding tert-OH is 1. The zero-order valence-corrected chi connectivity index (χ0v) is 15.3. The summed E-state index contributed by atoms with van der Waals surface area (Å²) in [6, 6.07) is 6.74. The highest BCUT2D eigenvalue weighted by Crippen LogP contribution is 2.19. The van der Waals surface area contributed by atoms with Gasteiger partial charge in [0.15, 0.2) is 0 Å². The average molecular weight is 373 g/mol. The lowest BCUT2D eigenvalue weighted by Crippen LogP contribution is -2.48. The molecule has 2 aliphatic rings. The molecular formula is C19H23N3O5. The zero-order chi connectivity index (χ0) is 19.6. The monoisotopic (exact) mass is 373 g/mol. The summed E-state index contributed by atoms with van der Waals surface area (Å²) in [7, 11) is 0. The Balaban J connectivity index is 1.66. The Hall–Kier alpha value is -2.71. The Morgan fingerprint density at radius 2 is 1.81 bits per heavy atom. The van der Waals surface area contributed by atoms with Gasteiger partial charge in [0.2, 0.25) is 0 Å². The number of aliphatic hydroxyl groups is 1. The Labute approximate surface area is 157 Å². The molecule has 0 radical (unpaired) electrons.